The van der Waals surface area contributed by atoms with Crippen LogP contribution in [0.5, 0.6) is 0 Å². The molecule has 1 heteroatoms. The molecule has 0 bridgehead atoms. The second-order valence-corrected chi connectivity index (χ2v) is 3.41. The minimum atomic E-state index is 1.37. The molecule has 0 nitrogen and oxygen atoms in total. The first kappa shape index (κ1) is 8.64. The fraction of sp³-hybridized carbons (Fsp3) is 1.00. The Morgan fingerprint density at radius 3 is 2.12 bits per heavy atom. The van der Waals surface area contributed by atoms with Crippen LogP contribution in [0, 0.1) is 0 Å². The Kier molecular flexibility index (Phi) is 8.24. The van der Waals surface area contributed by atoms with Gasteiger partial charge in [0.1, 0.15) is 0 Å². The number of hydrogen-bond donors (Lipinski definition) is 0. The Hall–Kier alpha value is 0.636. The van der Waals surface area contributed by atoms with Crippen molar-refractivity contribution in [2.24, 2.45) is 0 Å². The fourth-order valence-corrected chi connectivity index (χ4v) is 1.35. The summed E-state index contributed by atoms with van der Waals surface area (Å²) in [5.74, 6) is 0. The number of rotatable bonds is 5. The van der Waals surface area contributed by atoms with E-state index in [1.807, 2.05) is 18.6 Å². The van der Waals surface area contributed by atoms with Crippen molar-refractivity contribution < 1.29 is 0 Å². The molecule has 0 aromatic carbocycles. The van der Waals surface area contributed by atoms with Gasteiger partial charge in [0.25, 0.3) is 0 Å². The van der Waals surface area contributed by atoms with Crippen molar-refractivity contribution in [2.75, 3.05) is 0 Å². The maximum atomic E-state index is 2.26. The molecule has 0 saturated carbocycles. The third kappa shape index (κ3) is 6.64. The molecule has 0 rings (SSSR count). The van der Waals surface area contributed by atoms with Crippen molar-refractivity contribution in [1.29, 1.82) is 0 Å². The van der Waals surface area contributed by atoms with Gasteiger partial charge in [0, 0.05) is 0 Å². The molecular weight excluding hydrogens is 154 g/mol. The van der Waals surface area contributed by atoms with Crippen LogP contribution in [0.4, 0.5) is 0 Å². The second kappa shape index (κ2) is 7.64. The van der Waals surface area contributed by atoms with Crippen molar-refractivity contribution in [2.45, 2.75) is 44.0 Å². The fourth-order valence-electron chi connectivity index (χ4n) is 0.748. The van der Waals surface area contributed by atoms with Crippen LogP contribution in [0.1, 0.15) is 39.0 Å². The number of hydrogen-bond acceptors (Lipinski definition) is 0. The summed E-state index contributed by atoms with van der Waals surface area (Å²) in [5, 5.41) is 0. The summed E-state index contributed by atoms with van der Waals surface area (Å²) in [4.78, 5) is 1.43. The quantitative estimate of drug-likeness (QED) is 0.438. The Balaban J connectivity index is 2.53. The van der Waals surface area contributed by atoms with Crippen LogP contribution in [0.3, 0.4) is 0 Å². The SMILES string of the molecule is CCCCCC[CH2][Ga]. The molecule has 8 heavy (non-hydrogen) atoms. The Labute approximate surface area is 63.0 Å². The van der Waals surface area contributed by atoms with Gasteiger partial charge in [-0.15, -0.1) is 0 Å². The zero-order chi connectivity index (χ0) is 6.24. The molecule has 0 saturated heterocycles. The summed E-state index contributed by atoms with van der Waals surface area (Å²) in [6.45, 7) is 2.26. The second-order valence-electron chi connectivity index (χ2n) is 2.20. The van der Waals surface area contributed by atoms with Crippen molar-refractivity contribution in [3.05, 3.63) is 0 Å². The van der Waals surface area contributed by atoms with E-state index in [0.717, 1.165) is 0 Å². The van der Waals surface area contributed by atoms with Gasteiger partial charge in [-0.3, -0.25) is 0 Å². The van der Waals surface area contributed by atoms with E-state index >= 15 is 0 Å². The number of unbranched alkanes of at least 4 members (excludes halogenated alkanes) is 4. The van der Waals surface area contributed by atoms with Crippen LogP contribution in [-0.4, -0.2) is 18.6 Å². The molecule has 0 aliphatic heterocycles. The Morgan fingerprint density at radius 1 is 1.00 bits per heavy atom. The Bertz CT molecular complexity index is 29.4. The summed E-state index contributed by atoms with van der Waals surface area (Å²) < 4.78 is 0. The third-order valence-corrected chi connectivity index (χ3v) is 2.16. The van der Waals surface area contributed by atoms with Crippen LogP contribution in [0.25, 0.3) is 0 Å². The summed E-state index contributed by atoms with van der Waals surface area (Å²) in [7, 11) is 0. The van der Waals surface area contributed by atoms with E-state index in [9.17, 15) is 0 Å². The minimum absolute atomic E-state index is 1.37. The van der Waals surface area contributed by atoms with Crippen molar-refractivity contribution >= 4 is 18.6 Å². The maximum absolute atomic E-state index is 2.26. The predicted molar refractivity (Wildman–Crippen MR) is 39.3 cm³/mol. The van der Waals surface area contributed by atoms with Gasteiger partial charge >= 0.3 is 62.6 Å². The summed E-state index contributed by atoms with van der Waals surface area (Å²) >= 11 is 1.87. The van der Waals surface area contributed by atoms with Gasteiger partial charge in [-0.2, -0.15) is 0 Å². The zero-order valence-corrected chi connectivity index (χ0v) is 8.24. The summed E-state index contributed by atoms with van der Waals surface area (Å²) in [6.07, 6.45) is 7.19. The van der Waals surface area contributed by atoms with Crippen LogP contribution in [0.2, 0.25) is 4.98 Å². The predicted octanol–water partition coefficient (Wildman–Crippen LogP) is 2.54. The molecule has 0 aliphatic rings. The average Bonchev–Trinajstić information content (AvgIpc) is 1.81. The first-order chi connectivity index (χ1) is 3.91. The Morgan fingerprint density at radius 2 is 1.62 bits per heavy atom. The monoisotopic (exact) mass is 168 g/mol. The van der Waals surface area contributed by atoms with Gasteiger partial charge in [-0.25, -0.2) is 0 Å². The topological polar surface area (TPSA) is 0 Å². The molecule has 0 fully saturated rings. The van der Waals surface area contributed by atoms with Crippen molar-refractivity contribution in [3.63, 3.8) is 0 Å². The van der Waals surface area contributed by atoms with E-state index in [1.165, 1.54) is 37.1 Å². The first-order valence-corrected chi connectivity index (χ1v) is 5.33. The zero-order valence-electron chi connectivity index (χ0n) is 5.82. The molecule has 0 atom stereocenters. The third-order valence-electron chi connectivity index (χ3n) is 1.31. The van der Waals surface area contributed by atoms with Gasteiger partial charge in [-0.05, 0) is 0 Å². The molecule has 0 N–H and O–H groups in total. The van der Waals surface area contributed by atoms with Crippen LogP contribution >= 0.6 is 0 Å². The van der Waals surface area contributed by atoms with Gasteiger partial charge in [0.2, 0.25) is 0 Å². The van der Waals surface area contributed by atoms with Crippen LogP contribution in [-0.2, 0) is 0 Å². The standard InChI is InChI=1S/C7H15.Ga/c1-3-5-7-6-4-2;/h1,3-7H2,2H3;. The van der Waals surface area contributed by atoms with E-state index in [2.05, 4.69) is 6.92 Å². The van der Waals surface area contributed by atoms with Gasteiger partial charge in [0.15, 0.2) is 0 Å². The van der Waals surface area contributed by atoms with Gasteiger partial charge in [-0.1, -0.05) is 0 Å². The van der Waals surface area contributed by atoms with Crippen molar-refractivity contribution in [1.82, 2.24) is 0 Å². The molecule has 0 amide bonds. The van der Waals surface area contributed by atoms with E-state index in [-0.39, 0.29) is 0 Å². The molecule has 46 valence electrons. The molecule has 0 aromatic heterocycles. The van der Waals surface area contributed by atoms with Crippen molar-refractivity contribution in [3.8, 4) is 0 Å². The van der Waals surface area contributed by atoms with Crippen LogP contribution < -0.4 is 0 Å². The molecule has 0 unspecified atom stereocenters. The summed E-state index contributed by atoms with van der Waals surface area (Å²) in [6, 6.07) is 0. The molecular formula is C7H15Ga. The summed E-state index contributed by atoms with van der Waals surface area (Å²) in [5.41, 5.74) is 0. The van der Waals surface area contributed by atoms with E-state index in [0.29, 0.717) is 0 Å². The van der Waals surface area contributed by atoms with E-state index in [4.69, 9.17) is 0 Å². The molecule has 2 radical (unpaired) electrons. The molecule has 0 aromatic rings. The van der Waals surface area contributed by atoms with Gasteiger partial charge in [0.05, 0.1) is 0 Å². The van der Waals surface area contributed by atoms with Gasteiger partial charge < -0.3 is 0 Å². The average molecular weight is 169 g/mol. The normalized spacial score (nSPS) is 9.62. The molecule has 0 heterocycles. The van der Waals surface area contributed by atoms with E-state index in [1.54, 1.807) is 0 Å². The van der Waals surface area contributed by atoms with Crippen LogP contribution in [0.15, 0.2) is 0 Å². The molecule has 0 aliphatic carbocycles. The first-order valence-electron chi connectivity index (χ1n) is 3.62. The van der Waals surface area contributed by atoms with E-state index < -0.39 is 0 Å². The molecule has 0 spiro atoms.